The van der Waals surface area contributed by atoms with Gasteiger partial charge in [0.2, 0.25) is 0 Å². The number of fused-ring (bicyclic) bond motifs is 1. The van der Waals surface area contributed by atoms with Crippen molar-refractivity contribution in [2.45, 2.75) is 26.7 Å². The van der Waals surface area contributed by atoms with Gasteiger partial charge in [-0.15, -0.1) is 11.3 Å². The molecule has 2 aromatic heterocycles. The minimum absolute atomic E-state index is 0.590. The molecule has 4 heteroatoms. The molecule has 3 aromatic rings. The van der Waals surface area contributed by atoms with Crippen LogP contribution >= 0.6 is 11.3 Å². The van der Waals surface area contributed by atoms with Crippen molar-refractivity contribution in [3.05, 3.63) is 41.0 Å². The average molecular weight is 283 g/mol. The molecular formula is C16H17N3S. The fraction of sp³-hybridized carbons (Fsp3) is 0.250. The van der Waals surface area contributed by atoms with Crippen LogP contribution in [0.5, 0.6) is 0 Å². The predicted molar refractivity (Wildman–Crippen MR) is 86.0 cm³/mol. The van der Waals surface area contributed by atoms with E-state index < -0.39 is 0 Å². The zero-order chi connectivity index (χ0) is 14.1. The molecule has 0 spiro atoms. The highest BCUT2D eigenvalue weighted by atomic mass is 32.1. The molecule has 0 saturated heterocycles. The summed E-state index contributed by atoms with van der Waals surface area (Å²) in [7, 11) is 0. The predicted octanol–water partition coefficient (Wildman–Crippen LogP) is 4.20. The van der Waals surface area contributed by atoms with Crippen LogP contribution < -0.4 is 5.73 Å². The second-order valence-electron chi connectivity index (χ2n) is 4.89. The van der Waals surface area contributed by atoms with E-state index in [1.807, 2.05) is 6.92 Å². The van der Waals surface area contributed by atoms with Gasteiger partial charge in [-0.05, 0) is 30.2 Å². The molecule has 1 aromatic carbocycles. The summed E-state index contributed by atoms with van der Waals surface area (Å²) in [6.45, 7) is 4.12. The minimum Gasteiger partial charge on any atom is -0.383 e. The summed E-state index contributed by atoms with van der Waals surface area (Å²) in [4.78, 5) is 9.12. The summed E-state index contributed by atoms with van der Waals surface area (Å²) in [6, 6.07) is 8.45. The average Bonchev–Trinajstić information content (AvgIpc) is 2.91. The van der Waals surface area contributed by atoms with E-state index in [9.17, 15) is 0 Å². The number of nitrogen functional groups attached to an aromatic ring is 1. The van der Waals surface area contributed by atoms with Crippen molar-refractivity contribution in [2.24, 2.45) is 0 Å². The van der Waals surface area contributed by atoms with E-state index in [2.05, 4.69) is 41.6 Å². The van der Waals surface area contributed by atoms with Gasteiger partial charge >= 0.3 is 0 Å². The monoisotopic (exact) mass is 283 g/mol. The van der Waals surface area contributed by atoms with E-state index in [0.29, 0.717) is 5.82 Å². The van der Waals surface area contributed by atoms with Gasteiger partial charge < -0.3 is 5.73 Å². The Morgan fingerprint density at radius 3 is 2.85 bits per heavy atom. The molecule has 2 heterocycles. The van der Waals surface area contributed by atoms with Crippen molar-refractivity contribution in [1.29, 1.82) is 0 Å². The standard InChI is InChI=1S/C16H17N3S/c1-3-5-13-18-14(10(2)16(17)19-13)12-7-4-6-11-8-9-20-15(11)12/h4,6-9H,3,5H2,1-2H3,(H2,17,18,19). The molecule has 2 N–H and O–H groups in total. The molecule has 3 rings (SSSR count). The molecule has 20 heavy (non-hydrogen) atoms. The topological polar surface area (TPSA) is 51.8 Å². The molecule has 3 nitrogen and oxygen atoms in total. The quantitative estimate of drug-likeness (QED) is 0.783. The summed E-state index contributed by atoms with van der Waals surface area (Å²) >= 11 is 1.74. The first-order chi connectivity index (χ1) is 9.70. The van der Waals surface area contributed by atoms with Crippen LogP contribution in [-0.2, 0) is 6.42 Å². The molecule has 0 saturated carbocycles. The molecule has 0 aliphatic carbocycles. The SMILES string of the molecule is CCCc1nc(N)c(C)c(-c2cccc3ccsc23)n1. The number of hydrogen-bond donors (Lipinski definition) is 1. The van der Waals surface area contributed by atoms with E-state index in [4.69, 9.17) is 10.7 Å². The summed E-state index contributed by atoms with van der Waals surface area (Å²) < 4.78 is 1.26. The Kier molecular flexibility index (Phi) is 3.40. The summed E-state index contributed by atoms with van der Waals surface area (Å²) in [5.41, 5.74) is 9.15. The molecule has 102 valence electrons. The van der Waals surface area contributed by atoms with Gasteiger partial charge in [0.05, 0.1) is 5.69 Å². The highest BCUT2D eigenvalue weighted by Crippen LogP contribution is 2.34. The van der Waals surface area contributed by atoms with E-state index in [0.717, 1.165) is 35.5 Å². The first-order valence-corrected chi connectivity index (χ1v) is 7.68. The number of thiophene rings is 1. The lowest BCUT2D eigenvalue weighted by Crippen LogP contribution is -2.04. The van der Waals surface area contributed by atoms with Crippen molar-refractivity contribution in [2.75, 3.05) is 5.73 Å². The van der Waals surface area contributed by atoms with E-state index in [1.54, 1.807) is 11.3 Å². The maximum atomic E-state index is 6.06. The number of nitrogens with two attached hydrogens (primary N) is 1. The summed E-state index contributed by atoms with van der Waals surface area (Å²) in [5, 5.41) is 3.36. The van der Waals surface area contributed by atoms with Crippen molar-refractivity contribution in [3.8, 4) is 11.3 Å². The van der Waals surface area contributed by atoms with Crippen molar-refractivity contribution >= 4 is 27.2 Å². The van der Waals surface area contributed by atoms with Crippen LogP contribution in [0.15, 0.2) is 29.6 Å². The lowest BCUT2D eigenvalue weighted by atomic mass is 10.1. The number of benzene rings is 1. The van der Waals surface area contributed by atoms with Gasteiger partial charge in [-0.2, -0.15) is 0 Å². The van der Waals surface area contributed by atoms with Crippen molar-refractivity contribution < 1.29 is 0 Å². The van der Waals surface area contributed by atoms with Gasteiger partial charge in [-0.3, -0.25) is 0 Å². The van der Waals surface area contributed by atoms with Gasteiger partial charge in [-0.1, -0.05) is 25.1 Å². The summed E-state index contributed by atoms with van der Waals surface area (Å²) in [6.07, 6.45) is 1.88. The molecular weight excluding hydrogens is 266 g/mol. The zero-order valence-corrected chi connectivity index (χ0v) is 12.5. The molecule has 0 atom stereocenters. The second kappa shape index (κ2) is 5.21. The lowest BCUT2D eigenvalue weighted by Gasteiger charge is -2.10. The van der Waals surface area contributed by atoms with Gasteiger partial charge in [0.1, 0.15) is 11.6 Å². The highest BCUT2D eigenvalue weighted by molar-refractivity contribution is 7.17. The van der Waals surface area contributed by atoms with E-state index in [-0.39, 0.29) is 0 Å². The van der Waals surface area contributed by atoms with Crippen LogP contribution in [0.25, 0.3) is 21.3 Å². The fourth-order valence-corrected chi connectivity index (χ4v) is 3.27. The van der Waals surface area contributed by atoms with Crippen LogP contribution in [0.1, 0.15) is 24.7 Å². The number of hydrogen-bond acceptors (Lipinski definition) is 4. The third-order valence-corrected chi connectivity index (χ3v) is 4.40. The molecule has 0 fully saturated rings. The molecule has 0 aliphatic heterocycles. The number of anilines is 1. The van der Waals surface area contributed by atoms with Crippen LogP contribution in [0.2, 0.25) is 0 Å². The Bertz CT molecular complexity index is 762. The Balaban J connectivity index is 2.25. The molecule has 0 unspecified atom stereocenters. The molecule has 0 amide bonds. The minimum atomic E-state index is 0.590. The van der Waals surface area contributed by atoms with Crippen molar-refractivity contribution in [1.82, 2.24) is 9.97 Å². The second-order valence-corrected chi connectivity index (χ2v) is 5.81. The number of rotatable bonds is 3. The lowest BCUT2D eigenvalue weighted by molar-refractivity contribution is 0.836. The van der Waals surface area contributed by atoms with Gasteiger partial charge in [-0.25, -0.2) is 9.97 Å². The third kappa shape index (κ3) is 2.16. The summed E-state index contributed by atoms with van der Waals surface area (Å²) in [5.74, 6) is 1.42. The smallest absolute Gasteiger partial charge is 0.131 e. The Morgan fingerprint density at radius 1 is 1.20 bits per heavy atom. The number of nitrogens with zero attached hydrogens (tertiary/aromatic N) is 2. The fourth-order valence-electron chi connectivity index (χ4n) is 2.36. The highest BCUT2D eigenvalue weighted by Gasteiger charge is 2.13. The number of aromatic nitrogens is 2. The van der Waals surface area contributed by atoms with Gasteiger partial charge in [0.25, 0.3) is 0 Å². The van der Waals surface area contributed by atoms with Crippen LogP contribution in [-0.4, -0.2) is 9.97 Å². The Labute approximate surface area is 122 Å². The third-order valence-electron chi connectivity index (χ3n) is 3.44. The van der Waals surface area contributed by atoms with E-state index in [1.165, 1.54) is 10.1 Å². The zero-order valence-electron chi connectivity index (χ0n) is 11.7. The first-order valence-electron chi connectivity index (χ1n) is 6.80. The van der Waals surface area contributed by atoms with Crippen molar-refractivity contribution in [3.63, 3.8) is 0 Å². The normalized spacial score (nSPS) is 11.1. The Morgan fingerprint density at radius 2 is 2.05 bits per heavy atom. The largest absolute Gasteiger partial charge is 0.383 e. The molecule has 0 bridgehead atoms. The van der Waals surface area contributed by atoms with Crippen LogP contribution in [0.4, 0.5) is 5.82 Å². The van der Waals surface area contributed by atoms with Crippen LogP contribution in [0.3, 0.4) is 0 Å². The van der Waals surface area contributed by atoms with E-state index >= 15 is 0 Å². The van der Waals surface area contributed by atoms with Crippen LogP contribution in [0, 0.1) is 6.92 Å². The van der Waals surface area contributed by atoms with Gasteiger partial charge in [0, 0.05) is 22.2 Å². The molecule has 0 aliphatic rings. The Hall–Kier alpha value is -1.94. The maximum absolute atomic E-state index is 6.06. The number of aryl methyl sites for hydroxylation is 1. The van der Waals surface area contributed by atoms with Gasteiger partial charge in [0.15, 0.2) is 0 Å². The first kappa shape index (κ1) is 13.1. The molecule has 0 radical (unpaired) electrons. The maximum Gasteiger partial charge on any atom is 0.131 e.